The maximum absolute atomic E-state index is 12.0. The molecule has 2 aromatic heterocycles. The van der Waals surface area contributed by atoms with Gasteiger partial charge in [0.15, 0.2) is 5.65 Å². The Balaban J connectivity index is 1.53. The number of hydrogen-bond donors (Lipinski definition) is 4. The summed E-state index contributed by atoms with van der Waals surface area (Å²) in [6.45, 7) is 0. The Morgan fingerprint density at radius 3 is 2.84 bits per heavy atom. The van der Waals surface area contributed by atoms with Gasteiger partial charge in [0, 0.05) is 23.0 Å². The molecule has 31 heavy (non-hydrogen) atoms. The first-order valence-corrected chi connectivity index (χ1v) is 10.1. The highest BCUT2D eigenvalue weighted by Crippen LogP contribution is 2.31. The van der Waals surface area contributed by atoms with E-state index in [1.165, 1.54) is 0 Å². The minimum atomic E-state index is -0.681. The standard InChI is InChI=1S/C19H19ClN8O3/c1-31-14-5-2-10(20)7-12(14)23-17-25-15-9(6-13-16(29)26-19(30)24-13)8-21-28(15)18(27-17)22-11-3-4-11/h2,5,7-8,11,13H,3-4,6H2,1H3,(H2,22,23,25,27)(H2,24,26,29,30). The second-order valence-corrected chi connectivity index (χ2v) is 7.82. The van der Waals surface area contributed by atoms with Crippen molar-refractivity contribution in [2.45, 2.75) is 31.3 Å². The number of carbonyl (C=O) groups is 2. The van der Waals surface area contributed by atoms with Crippen LogP contribution >= 0.6 is 11.6 Å². The number of ether oxygens (including phenoxy) is 1. The van der Waals surface area contributed by atoms with E-state index in [-0.39, 0.29) is 12.3 Å². The van der Waals surface area contributed by atoms with Crippen molar-refractivity contribution in [1.29, 1.82) is 0 Å². The highest BCUT2D eigenvalue weighted by Gasteiger charge is 2.31. The molecular formula is C19H19ClN8O3. The number of carbonyl (C=O) groups excluding carboxylic acids is 2. The summed E-state index contributed by atoms with van der Waals surface area (Å²) < 4.78 is 6.99. The van der Waals surface area contributed by atoms with E-state index in [1.807, 2.05) is 0 Å². The highest BCUT2D eigenvalue weighted by molar-refractivity contribution is 6.31. The van der Waals surface area contributed by atoms with Crippen LogP contribution in [-0.2, 0) is 11.2 Å². The third-order valence-corrected chi connectivity index (χ3v) is 5.28. The van der Waals surface area contributed by atoms with E-state index in [0.29, 0.717) is 45.6 Å². The molecule has 2 fully saturated rings. The molecule has 12 heteroatoms. The van der Waals surface area contributed by atoms with Gasteiger partial charge >= 0.3 is 6.03 Å². The molecule has 3 amide bonds. The zero-order valence-corrected chi connectivity index (χ0v) is 17.2. The summed E-state index contributed by atoms with van der Waals surface area (Å²) in [6, 6.07) is 4.34. The summed E-state index contributed by atoms with van der Waals surface area (Å²) in [5.74, 6) is 1.06. The lowest BCUT2D eigenvalue weighted by molar-refractivity contribution is -0.120. The molecule has 1 unspecified atom stereocenters. The molecule has 1 aromatic carbocycles. The number of nitrogens with zero attached hydrogens (tertiary/aromatic N) is 4. The van der Waals surface area contributed by atoms with E-state index < -0.39 is 12.1 Å². The van der Waals surface area contributed by atoms with E-state index in [0.717, 1.165) is 12.8 Å². The number of anilines is 3. The Hall–Kier alpha value is -3.60. The number of nitrogens with one attached hydrogen (secondary N) is 4. The SMILES string of the molecule is COc1ccc(Cl)cc1Nc1nc(NC2CC2)n2ncc(CC3NC(=O)NC3=O)c2n1. The lowest BCUT2D eigenvalue weighted by Gasteiger charge is -2.13. The van der Waals surface area contributed by atoms with Crippen LogP contribution in [0, 0.1) is 0 Å². The second-order valence-electron chi connectivity index (χ2n) is 7.38. The first-order chi connectivity index (χ1) is 15.0. The van der Waals surface area contributed by atoms with Gasteiger partial charge in [-0.05, 0) is 31.0 Å². The third-order valence-electron chi connectivity index (χ3n) is 5.04. The molecule has 4 N–H and O–H groups in total. The predicted molar refractivity (Wildman–Crippen MR) is 113 cm³/mol. The smallest absolute Gasteiger partial charge is 0.322 e. The first kappa shape index (κ1) is 19.4. The summed E-state index contributed by atoms with van der Waals surface area (Å²) in [5.41, 5.74) is 1.83. The van der Waals surface area contributed by atoms with Gasteiger partial charge in [0.2, 0.25) is 11.9 Å². The molecule has 0 spiro atoms. The molecule has 2 aliphatic rings. The molecule has 1 saturated carbocycles. The normalized spacial score (nSPS) is 18.1. The topological polar surface area (TPSA) is 135 Å². The molecule has 1 atom stereocenters. The fraction of sp³-hybridized carbons (Fsp3) is 0.316. The fourth-order valence-corrected chi connectivity index (χ4v) is 3.52. The van der Waals surface area contributed by atoms with Crippen molar-refractivity contribution in [2.24, 2.45) is 0 Å². The molecule has 5 rings (SSSR count). The number of halogens is 1. The van der Waals surface area contributed by atoms with Crippen LogP contribution in [0.2, 0.25) is 5.02 Å². The zero-order valence-electron chi connectivity index (χ0n) is 16.5. The summed E-state index contributed by atoms with van der Waals surface area (Å²) >= 11 is 6.14. The number of rotatable bonds is 7. The Bertz CT molecular complexity index is 1190. The number of fused-ring (bicyclic) bond motifs is 1. The van der Waals surface area contributed by atoms with Crippen LogP contribution in [-0.4, -0.2) is 50.7 Å². The van der Waals surface area contributed by atoms with Gasteiger partial charge in [0.1, 0.15) is 11.8 Å². The van der Waals surface area contributed by atoms with Gasteiger partial charge in [0.25, 0.3) is 5.91 Å². The van der Waals surface area contributed by atoms with Crippen molar-refractivity contribution in [3.8, 4) is 5.75 Å². The number of urea groups is 1. The number of benzene rings is 1. The number of methoxy groups -OCH3 is 1. The molecule has 11 nitrogen and oxygen atoms in total. The number of amides is 3. The minimum Gasteiger partial charge on any atom is -0.495 e. The van der Waals surface area contributed by atoms with Crippen LogP contribution < -0.4 is 26.0 Å². The summed E-state index contributed by atoms with van der Waals surface area (Å²) in [7, 11) is 1.56. The summed E-state index contributed by atoms with van der Waals surface area (Å²) in [4.78, 5) is 32.6. The molecule has 1 aliphatic heterocycles. The maximum Gasteiger partial charge on any atom is 0.322 e. The van der Waals surface area contributed by atoms with Gasteiger partial charge in [0.05, 0.1) is 19.0 Å². The number of hydrogen-bond acceptors (Lipinski definition) is 8. The number of aromatic nitrogens is 4. The van der Waals surface area contributed by atoms with E-state index >= 15 is 0 Å². The maximum atomic E-state index is 12.0. The van der Waals surface area contributed by atoms with E-state index in [1.54, 1.807) is 36.0 Å². The molecule has 160 valence electrons. The average Bonchev–Trinajstić information content (AvgIpc) is 3.37. The van der Waals surface area contributed by atoms with Gasteiger partial charge in [-0.2, -0.15) is 19.6 Å². The fourth-order valence-electron chi connectivity index (χ4n) is 3.35. The van der Waals surface area contributed by atoms with Gasteiger partial charge in [-0.3, -0.25) is 10.1 Å². The van der Waals surface area contributed by atoms with Crippen LogP contribution in [0.25, 0.3) is 5.65 Å². The van der Waals surface area contributed by atoms with Crippen molar-refractivity contribution in [3.05, 3.63) is 35.0 Å². The quantitative estimate of drug-likeness (QED) is 0.407. The molecular weight excluding hydrogens is 424 g/mol. The van der Waals surface area contributed by atoms with Crippen LogP contribution in [0.4, 0.5) is 22.4 Å². The summed E-state index contributed by atoms with van der Waals surface area (Å²) in [5, 5.41) is 16.3. The van der Waals surface area contributed by atoms with E-state index in [2.05, 4.69) is 36.3 Å². The molecule has 3 aromatic rings. The predicted octanol–water partition coefficient (Wildman–Crippen LogP) is 1.85. The van der Waals surface area contributed by atoms with Crippen molar-refractivity contribution in [1.82, 2.24) is 30.2 Å². The molecule has 1 aliphatic carbocycles. The second kappa shape index (κ2) is 7.58. The lowest BCUT2D eigenvalue weighted by atomic mass is 10.1. The van der Waals surface area contributed by atoms with Crippen LogP contribution in [0.15, 0.2) is 24.4 Å². The lowest BCUT2D eigenvalue weighted by Crippen LogP contribution is -2.31. The van der Waals surface area contributed by atoms with Crippen molar-refractivity contribution in [3.63, 3.8) is 0 Å². The third kappa shape index (κ3) is 3.91. The number of imide groups is 1. The average molecular weight is 443 g/mol. The van der Waals surface area contributed by atoms with Crippen molar-refractivity contribution in [2.75, 3.05) is 17.7 Å². The molecule has 3 heterocycles. The van der Waals surface area contributed by atoms with E-state index in [9.17, 15) is 9.59 Å². The Morgan fingerprint density at radius 1 is 1.29 bits per heavy atom. The first-order valence-electron chi connectivity index (χ1n) is 9.73. The zero-order chi connectivity index (χ0) is 21.5. The molecule has 0 radical (unpaired) electrons. The summed E-state index contributed by atoms with van der Waals surface area (Å²) in [6.07, 6.45) is 3.99. The van der Waals surface area contributed by atoms with E-state index in [4.69, 9.17) is 16.3 Å². The largest absolute Gasteiger partial charge is 0.495 e. The van der Waals surface area contributed by atoms with Crippen LogP contribution in [0.3, 0.4) is 0 Å². The Morgan fingerprint density at radius 2 is 2.13 bits per heavy atom. The Kier molecular flexibility index (Phi) is 4.74. The molecule has 0 bridgehead atoms. The monoisotopic (exact) mass is 442 g/mol. The minimum absolute atomic E-state index is 0.251. The van der Waals surface area contributed by atoms with Gasteiger partial charge in [-0.15, -0.1) is 0 Å². The van der Waals surface area contributed by atoms with Crippen molar-refractivity contribution >= 4 is 46.8 Å². The van der Waals surface area contributed by atoms with Gasteiger partial charge in [-0.25, -0.2) is 4.79 Å². The van der Waals surface area contributed by atoms with Crippen LogP contribution in [0.5, 0.6) is 5.75 Å². The highest BCUT2D eigenvalue weighted by atomic mass is 35.5. The van der Waals surface area contributed by atoms with Gasteiger partial charge in [-0.1, -0.05) is 11.6 Å². The molecule has 1 saturated heterocycles. The van der Waals surface area contributed by atoms with Gasteiger partial charge < -0.3 is 20.7 Å². The van der Waals surface area contributed by atoms with Crippen molar-refractivity contribution < 1.29 is 14.3 Å². The van der Waals surface area contributed by atoms with Crippen LogP contribution in [0.1, 0.15) is 18.4 Å². The Labute approximate surface area is 181 Å².